The van der Waals surface area contributed by atoms with Crippen molar-refractivity contribution in [1.82, 2.24) is 25.2 Å². The van der Waals surface area contributed by atoms with Crippen molar-refractivity contribution in [2.24, 2.45) is 11.8 Å². The van der Waals surface area contributed by atoms with Crippen LogP contribution in [-0.2, 0) is 29.1 Å². The molecule has 14 nitrogen and oxygen atoms in total. The van der Waals surface area contributed by atoms with Crippen molar-refractivity contribution in [3.8, 4) is 6.08 Å². The summed E-state index contributed by atoms with van der Waals surface area (Å²) in [5.74, 6) is -2.12. The maximum Gasteiger partial charge on any atom is 0.408 e. The van der Waals surface area contributed by atoms with Gasteiger partial charge in [-0.05, 0) is 70.4 Å². The predicted molar refractivity (Wildman–Crippen MR) is 183 cm³/mol. The number of rotatable bonds is 6. The normalized spacial score (nSPS) is 29.5. The van der Waals surface area contributed by atoms with Crippen LogP contribution < -0.4 is 20.1 Å². The second-order valence-corrected chi connectivity index (χ2v) is 17.6. The molecule has 2 saturated carbocycles. The van der Waals surface area contributed by atoms with E-state index in [1.54, 1.807) is 39.0 Å². The highest BCUT2D eigenvalue weighted by Gasteiger charge is 2.64. The Kier molecular flexibility index (Phi) is 10.0. The summed E-state index contributed by atoms with van der Waals surface area (Å²) in [6.07, 6.45) is 3.97. The molecule has 1 aromatic heterocycles. The minimum absolute atomic E-state index is 0.0223. The summed E-state index contributed by atoms with van der Waals surface area (Å²) < 4.78 is 45.2. The quantitative estimate of drug-likeness (QED) is 0.388. The zero-order valence-electron chi connectivity index (χ0n) is 28.8. The van der Waals surface area contributed by atoms with Crippen LogP contribution in [0.5, 0.6) is 6.08 Å². The Bertz CT molecular complexity index is 1760. The molecule has 0 bridgehead atoms. The Hall–Kier alpha value is -3.59. The number of nitrogens with one attached hydrogen (secondary N) is 3. The molecular weight excluding hydrogens is 690 g/mol. The first-order valence-electron chi connectivity index (χ1n) is 17.5. The molecule has 2 aromatic rings. The third kappa shape index (κ3) is 8.14. The van der Waals surface area contributed by atoms with E-state index in [1.807, 2.05) is 6.92 Å². The standard InChI is InChI=1S/C34H46ClN5O9S/c1-19-9-7-5-6-8-10-25(36-31(44)49-33(2,3)4)29(42)40-18-21(47-32-37-24-14-11-20(35)15-27(24)48-32)16-26(40)28(41)38-34(17-23(19)34)30(43)39-50(45,46)22-12-13-22/h11,14-15,19,21-23,25-26H,5-10,12-13,16-18H2,1-4H3,(H,36,44)(H,38,41)(H,39,43)/t19?,21-,23+,25+,26+,34-/m1/s1. The smallest absolute Gasteiger partial charge is 0.408 e. The Balaban J connectivity index is 1.29. The van der Waals surface area contributed by atoms with Gasteiger partial charge in [-0.1, -0.05) is 50.6 Å². The van der Waals surface area contributed by atoms with E-state index in [1.165, 1.54) is 4.90 Å². The van der Waals surface area contributed by atoms with Crippen LogP contribution in [0.25, 0.3) is 11.1 Å². The number of sulfonamides is 1. The number of benzene rings is 1. The molecule has 4 amide bonds. The van der Waals surface area contributed by atoms with Crippen LogP contribution in [0.1, 0.15) is 91.9 Å². The van der Waals surface area contributed by atoms with Gasteiger partial charge in [0.2, 0.25) is 21.8 Å². The summed E-state index contributed by atoms with van der Waals surface area (Å²) in [5, 5.41) is 5.47. The van der Waals surface area contributed by atoms with Gasteiger partial charge in [0.25, 0.3) is 5.91 Å². The van der Waals surface area contributed by atoms with Gasteiger partial charge in [-0.25, -0.2) is 13.2 Å². The average molecular weight is 736 g/mol. The van der Waals surface area contributed by atoms with Crippen LogP contribution in [0.15, 0.2) is 22.6 Å². The van der Waals surface area contributed by atoms with Crippen molar-refractivity contribution < 1.29 is 41.5 Å². The van der Waals surface area contributed by atoms with Gasteiger partial charge in [-0.15, -0.1) is 0 Å². The number of carbonyl (C=O) groups is 4. The Morgan fingerprint density at radius 2 is 1.82 bits per heavy atom. The molecule has 1 aromatic carbocycles. The van der Waals surface area contributed by atoms with E-state index in [-0.39, 0.29) is 37.3 Å². The number of aromatic nitrogens is 1. The van der Waals surface area contributed by atoms with E-state index in [4.69, 9.17) is 25.5 Å². The molecule has 2 aliphatic heterocycles. The van der Waals surface area contributed by atoms with E-state index in [9.17, 15) is 27.6 Å². The number of carbonyl (C=O) groups excluding carboxylic acids is 4. The van der Waals surface area contributed by atoms with Crippen molar-refractivity contribution in [1.29, 1.82) is 0 Å². The zero-order valence-corrected chi connectivity index (χ0v) is 30.4. The number of fused-ring (bicyclic) bond motifs is 3. The minimum Gasteiger partial charge on any atom is -0.445 e. The lowest BCUT2D eigenvalue weighted by Gasteiger charge is -2.30. The number of hydrogen-bond acceptors (Lipinski definition) is 10. The van der Waals surface area contributed by atoms with Gasteiger partial charge < -0.3 is 29.4 Å². The molecule has 6 atom stereocenters. The Morgan fingerprint density at radius 3 is 2.52 bits per heavy atom. The number of hydrogen-bond donors (Lipinski definition) is 3. The molecule has 1 unspecified atom stereocenters. The summed E-state index contributed by atoms with van der Waals surface area (Å²) in [4.78, 5) is 61.0. The number of ether oxygens (including phenoxy) is 2. The first kappa shape index (κ1) is 36.2. The molecule has 2 saturated heterocycles. The van der Waals surface area contributed by atoms with Crippen molar-refractivity contribution in [2.75, 3.05) is 6.54 Å². The summed E-state index contributed by atoms with van der Waals surface area (Å²) in [6.45, 7) is 7.14. The topological polar surface area (TPSA) is 186 Å². The Labute approximate surface area is 296 Å². The highest BCUT2D eigenvalue weighted by Crippen LogP contribution is 2.51. The van der Waals surface area contributed by atoms with Crippen molar-refractivity contribution in [3.63, 3.8) is 0 Å². The van der Waals surface area contributed by atoms with Gasteiger partial charge in [0.05, 0.1) is 11.8 Å². The van der Waals surface area contributed by atoms with E-state index >= 15 is 0 Å². The fourth-order valence-electron chi connectivity index (χ4n) is 7.14. The van der Waals surface area contributed by atoms with E-state index in [0.29, 0.717) is 41.8 Å². The molecule has 2 aliphatic carbocycles. The molecular formula is C34H46ClN5O9S. The fourth-order valence-corrected chi connectivity index (χ4v) is 8.67. The van der Waals surface area contributed by atoms with Crippen LogP contribution in [0, 0.1) is 11.8 Å². The van der Waals surface area contributed by atoms with Crippen LogP contribution >= 0.6 is 11.6 Å². The molecule has 3 N–H and O–H groups in total. The molecule has 16 heteroatoms. The van der Waals surface area contributed by atoms with Gasteiger partial charge in [0.15, 0.2) is 5.58 Å². The van der Waals surface area contributed by atoms with Crippen LogP contribution in [0.3, 0.4) is 0 Å². The molecule has 3 heterocycles. The van der Waals surface area contributed by atoms with Gasteiger partial charge in [0, 0.05) is 17.5 Å². The van der Waals surface area contributed by atoms with Crippen LogP contribution in [-0.4, -0.2) is 83.2 Å². The molecule has 50 heavy (non-hydrogen) atoms. The molecule has 274 valence electrons. The molecule has 4 aliphatic rings. The second kappa shape index (κ2) is 13.9. The van der Waals surface area contributed by atoms with Gasteiger partial charge >= 0.3 is 12.2 Å². The maximum atomic E-state index is 14.3. The minimum atomic E-state index is -3.88. The number of nitrogens with zero attached hydrogens (tertiary/aromatic N) is 2. The number of halogens is 1. The maximum absolute atomic E-state index is 14.3. The van der Waals surface area contributed by atoms with E-state index < -0.39 is 68.4 Å². The van der Waals surface area contributed by atoms with Crippen LogP contribution in [0.4, 0.5) is 4.79 Å². The average Bonchev–Trinajstić information content (AvgIpc) is 3.92. The summed E-state index contributed by atoms with van der Waals surface area (Å²) >= 11 is 6.10. The highest BCUT2D eigenvalue weighted by atomic mass is 35.5. The second-order valence-electron chi connectivity index (χ2n) is 15.2. The Morgan fingerprint density at radius 1 is 1.10 bits per heavy atom. The largest absolute Gasteiger partial charge is 0.445 e. The summed E-state index contributed by atoms with van der Waals surface area (Å²) in [7, 11) is -3.88. The number of oxazole rings is 1. The SMILES string of the molecule is CC1CCCCCC[C@H](NC(=O)OC(C)(C)C)C(=O)N2C[C@H](Oc3nc4ccc(Cl)cc4o3)C[C@H]2C(=O)N[C@]2(C(=O)NS(=O)(=O)C3CC3)C[C@@H]12. The zero-order chi connectivity index (χ0) is 36.0. The molecule has 0 radical (unpaired) electrons. The fraction of sp³-hybridized carbons (Fsp3) is 0.676. The van der Waals surface area contributed by atoms with Crippen LogP contribution in [0.2, 0.25) is 5.02 Å². The van der Waals surface area contributed by atoms with Gasteiger partial charge in [0.1, 0.15) is 34.8 Å². The predicted octanol–water partition coefficient (Wildman–Crippen LogP) is 4.20. The third-order valence-corrected chi connectivity index (χ3v) is 12.0. The summed E-state index contributed by atoms with van der Waals surface area (Å²) in [5.41, 5.74) is -1.33. The molecule has 0 spiro atoms. The number of alkyl carbamates (subject to hydrolysis) is 1. The first-order valence-corrected chi connectivity index (χ1v) is 19.4. The molecule has 6 rings (SSSR count). The van der Waals surface area contributed by atoms with Crippen molar-refractivity contribution in [2.45, 2.75) is 126 Å². The van der Waals surface area contributed by atoms with E-state index in [0.717, 1.165) is 25.7 Å². The van der Waals surface area contributed by atoms with E-state index in [2.05, 4.69) is 20.3 Å². The van der Waals surface area contributed by atoms with Crippen molar-refractivity contribution in [3.05, 3.63) is 23.2 Å². The first-order chi connectivity index (χ1) is 23.5. The highest BCUT2D eigenvalue weighted by molar-refractivity contribution is 7.91. The number of amides is 4. The third-order valence-electron chi connectivity index (χ3n) is 9.99. The van der Waals surface area contributed by atoms with Crippen molar-refractivity contribution >= 4 is 56.5 Å². The molecule has 4 fully saturated rings. The van der Waals surface area contributed by atoms with Gasteiger partial charge in [-0.3, -0.25) is 19.1 Å². The summed E-state index contributed by atoms with van der Waals surface area (Å²) in [6, 6.07) is 2.83. The lowest BCUT2D eigenvalue weighted by Crippen LogP contribution is -2.58. The lowest BCUT2D eigenvalue weighted by molar-refractivity contribution is -0.141. The lowest BCUT2D eigenvalue weighted by atomic mass is 9.94. The van der Waals surface area contributed by atoms with Gasteiger partial charge in [-0.2, -0.15) is 4.98 Å². The monoisotopic (exact) mass is 735 g/mol.